The van der Waals surface area contributed by atoms with Crippen molar-refractivity contribution in [3.63, 3.8) is 0 Å². The van der Waals surface area contributed by atoms with Crippen molar-refractivity contribution in [2.75, 3.05) is 13.1 Å². The van der Waals surface area contributed by atoms with Crippen LogP contribution in [0.25, 0.3) is 6.08 Å². The molecule has 1 heterocycles. The molecule has 0 spiro atoms. The van der Waals surface area contributed by atoms with Crippen molar-refractivity contribution >= 4 is 28.9 Å². The molecule has 1 aromatic rings. The van der Waals surface area contributed by atoms with Crippen molar-refractivity contribution < 1.29 is 4.79 Å². The number of carbonyl (C=O) groups excluding carboxylic acids is 1. The Bertz CT molecular complexity index is 494. The lowest BCUT2D eigenvalue weighted by Gasteiger charge is -2.11. The van der Waals surface area contributed by atoms with E-state index in [-0.39, 0.29) is 5.91 Å². The maximum Gasteiger partial charge on any atom is 0.266 e. The summed E-state index contributed by atoms with van der Waals surface area (Å²) in [5, 5.41) is 0.812. The molecular weight excluding hydrogens is 244 g/mol. The molecule has 1 aliphatic heterocycles. The molecule has 1 aliphatic rings. The summed E-state index contributed by atoms with van der Waals surface area (Å²) in [6.07, 6.45) is 1.92. The van der Waals surface area contributed by atoms with Crippen LogP contribution >= 0.6 is 11.8 Å². The second kappa shape index (κ2) is 5.87. The highest BCUT2D eigenvalue weighted by molar-refractivity contribution is 8.18. The minimum absolute atomic E-state index is 0.0542. The monoisotopic (exact) mass is 260 g/mol. The minimum atomic E-state index is 0.0542. The highest BCUT2D eigenvalue weighted by atomic mass is 32.2. The van der Waals surface area contributed by atoms with E-state index in [1.807, 2.05) is 50.3 Å². The van der Waals surface area contributed by atoms with E-state index in [1.165, 1.54) is 11.8 Å². The summed E-state index contributed by atoms with van der Waals surface area (Å²) < 4.78 is 0. The molecule has 0 aliphatic carbocycles. The predicted octanol–water partition coefficient (Wildman–Crippen LogP) is 3.00. The molecule has 3 nitrogen and oxygen atoms in total. The zero-order valence-corrected chi connectivity index (χ0v) is 11.4. The summed E-state index contributed by atoms with van der Waals surface area (Å²) in [6.45, 7) is 5.31. The number of rotatable bonds is 3. The number of amides is 1. The van der Waals surface area contributed by atoms with Gasteiger partial charge in [0, 0.05) is 13.1 Å². The van der Waals surface area contributed by atoms with Crippen LogP contribution in [0.3, 0.4) is 0 Å². The molecule has 1 amide bonds. The Balaban J connectivity index is 2.29. The first kappa shape index (κ1) is 12.9. The predicted molar refractivity (Wildman–Crippen MR) is 77.4 cm³/mol. The van der Waals surface area contributed by atoms with E-state index in [0.29, 0.717) is 13.1 Å². The van der Waals surface area contributed by atoms with Gasteiger partial charge in [0.15, 0.2) is 5.17 Å². The van der Waals surface area contributed by atoms with Gasteiger partial charge in [0.05, 0.1) is 4.91 Å². The van der Waals surface area contributed by atoms with Gasteiger partial charge in [-0.1, -0.05) is 30.3 Å². The van der Waals surface area contributed by atoms with Gasteiger partial charge in [-0.25, -0.2) is 0 Å². The first-order valence-electron chi connectivity index (χ1n) is 6.07. The number of carbonyl (C=O) groups is 1. The van der Waals surface area contributed by atoms with Gasteiger partial charge in [0.2, 0.25) is 0 Å². The van der Waals surface area contributed by atoms with Crippen LogP contribution in [0.5, 0.6) is 0 Å². The number of likely N-dealkylation sites (N-methyl/N-ethyl adjacent to an activating group) is 1. The third kappa shape index (κ3) is 2.64. The number of aliphatic imine (C=N–C) groups is 1. The number of thioether (sulfide) groups is 1. The smallest absolute Gasteiger partial charge is 0.266 e. The Labute approximate surface area is 112 Å². The largest absolute Gasteiger partial charge is 0.287 e. The van der Waals surface area contributed by atoms with Crippen molar-refractivity contribution in [2.45, 2.75) is 13.8 Å². The quantitative estimate of drug-likeness (QED) is 0.783. The standard InChI is InChI=1S/C14H16N2OS/c1-3-15-14-16(4-2)13(17)12(18-14)10-11-8-6-5-7-9-11/h5-10H,3-4H2,1-2H3/b12-10-,15-14?. The van der Waals surface area contributed by atoms with Gasteiger partial charge in [0.1, 0.15) is 0 Å². The highest BCUT2D eigenvalue weighted by Crippen LogP contribution is 2.32. The Hall–Kier alpha value is -1.55. The average Bonchev–Trinajstić information content (AvgIpc) is 2.67. The fourth-order valence-corrected chi connectivity index (χ4v) is 2.85. The molecule has 1 saturated heterocycles. The van der Waals surface area contributed by atoms with Crippen LogP contribution in [0.15, 0.2) is 40.2 Å². The van der Waals surface area contributed by atoms with E-state index in [4.69, 9.17) is 0 Å². The summed E-state index contributed by atoms with van der Waals surface area (Å²) in [5.41, 5.74) is 1.04. The van der Waals surface area contributed by atoms with Crippen molar-refractivity contribution in [3.8, 4) is 0 Å². The fourth-order valence-electron chi connectivity index (χ4n) is 1.74. The Morgan fingerprint density at radius 3 is 2.61 bits per heavy atom. The van der Waals surface area contributed by atoms with Gasteiger partial charge in [-0.05, 0) is 37.2 Å². The molecule has 94 valence electrons. The van der Waals surface area contributed by atoms with Crippen molar-refractivity contribution in [1.29, 1.82) is 0 Å². The second-order valence-corrected chi connectivity index (χ2v) is 4.84. The van der Waals surface area contributed by atoms with Crippen LogP contribution in [0.2, 0.25) is 0 Å². The van der Waals surface area contributed by atoms with Gasteiger partial charge < -0.3 is 0 Å². The fraction of sp³-hybridized carbons (Fsp3) is 0.286. The van der Waals surface area contributed by atoms with Crippen LogP contribution in [-0.4, -0.2) is 29.1 Å². The Kier molecular flexibility index (Phi) is 4.20. The Morgan fingerprint density at radius 1 is 1.28 bits per heavy atom. The molecule has 2 rings (SSSR count). The van der Waals surface area contributed by atoms with Crippen molar-refractivity contribution in [1.82, 2.24) is 4.90 Å². The number of benzene rings is 1. The molecule has 0 radical (unpaired) electrons. The van der Waals surface area contributed by atoms with Crippen LogP contribution in [-0.2, 0) is 4.79 Å². The maximum absolute atomic E-state index is 12.2. The molecule has 0 aromatic heterocycles. The van der Waals surface area contributed by atoms with Gasteiger partial charge in [0.25, 0.3) is 5.91 Å². The topological polar surface area (TPSA) is 32.7 Å². The Morgan fingerprint density at radius 2 is 2.00 bits per heavy atom. The van der Waals surface area contributed by atoms with Gasteiger partial charge in [-0.3, -0.25) is 14.7 Å². The molecule has 0 atom stereocenters. The van der Waals surface area contributed by atoms with Crippen LogP contribution in [0.1, 0.15) is 19.4 Å². The highest BCUT2D eigenvalue weighted by Gasteiger charge is 2.31. The first-order chi connectivity index (χ1) is 8.76. The first-order valence-corrected chi connectivity index (χ1v) is 6.88. The molecular formula is C14H16N2OS. The third-order valence-corrected chi connectivity index (χ3v) is 3.64. The van der Waals surface area contributed by atoms with Crippen LogP contribution in [0, 0.1) is 0 Å². The van der Waals surface area contributed by atoms with E-state index >= 15 is 0 Å². The minimum Gasteiger partial charge on any atom is -0.287 e. The SMILES string of the molecule is CCN=C1S/C(=C\c2ccccc2)C(=O)N1CC. The number of amidine groups is 1. The van der Waals surface area contributed by atoms with E-state index in [0.717, 1.165) is 15.6 Å². The summed E-state index contributed by atoms with van der Waals surface area (Å²) >= 11 is 1.46. The molecule has 0 saturated carbocycles. The summed E-state index contributed by atoms with van der Waals surface area (Å²) in [5.74, 6) is 0.0542. The van der Waals surface area contributed by atoms with E-state index in [2.05, 4.69) is 4.99 Å². The zero-order chi connectivity index (χ0) is 13.0. The molecule has 0 unspecified atom stereocenters. The van der Waals surface area contributed by atoms with Crippen molar-refractivity contribution in [2.24, 2.45) is 4.99 Å². The number of hydrogen-bond donors (Lipinski definition) is 0. The van der Waals surface area contributed by atoms with E-state index < -0.39 is 0 Å². The van der Waals surface area contributed by atoms with Gasteiger partial charge >= 0.3 is 0 Å². The molecule has 4 heteroatoms. The van der Waals surface area contributed by atoms with Gasteiger partial charge in [-0.2, -0.15) is 0 Å². The molecule has 1 aromatic carbocycles. The number of nitrogens with zero attached hydrogens (tertiary/aromatic N) is 2. The van der Waals surface area contributed by atoms with Gasteiger partial charge in [-0.15, -0.1) is 0 Å². The molecule has 1 fully saturated rings. The average molecular weight is 260 g/mol. The molecule has 18 heavy (non-hydrogen) atoms. The summed E-state index contributed by atoms with van der Waals surface area (Å²) in [6, 6.07) is 9.89. The third-order valence-electron chi connectivity index (χ3n) is 2.60. The van der Waals surface area contributed by atoms with Crippen molar-refractivity contribution in [3.05, 3.63) is 40.8 Å². The molecule has 0 bridgehead atoms. The van der Waals surface area contributed by atoms with E-state index in [1.54, 1.807) is 4.90 Å². The molecule has 0 N–H and O–H groups in total. The second-order valence-electron chi connectivity index (χ2n) is 3.83. The number of hydrogen-bond acceptors (Lipinski definition) is 3. The summed E-state index contributed by atoms with van der Waals surface area (Å²) in [4.78, 5) is 19.0. The lowest BCUT2D eigenvalue weighted by Crippen LogP contribution is -2.28. The van der Waals surface area contributed by atoms with E-state index in [9.17, 15) is 4.79 Å². The van der Waals surface area contributed by atoms with Crippen LogP contribution in [0.4, 0.5) is 0 Å². The normalized spacial score (nSPS) is 20.1. The van der Waals surface area contributed by atoms with Crippen LogP contribution < -0.4 is 0 Å². The summed E-state index contributed by atoms with van der Waals surface area (Å²) in [7, 11) is 0. The lowest BCUT2D eigenvalue weighted by molar-refractivity contribution is -0.122. The zero-order valence-electron chi connectivity index (χ0n) is 10.6. The maximum atomic E-state index is 12.2. The lowest BCUT2D eigenvalue weighted by atomic mass is 10.2.